The molecular formula is C27H22F3N3O. The maximum Gasteiger partial charge on any atom is 0.491 e. The highest BCUT2D eigenvalue weighted by atomic mass is 19.4. The van der Waals surface area contributed by atoms with Gasteiger partial charge in [-0.15, -0.1) is 13.2 Å². The molecule has 3 aromatic carbocycles. The van der Waals surface area contributed by atoms with E-state index in [0.717, 1.165) is 11.4 Å². The summed E-state index contributed by atoms with van der Waals surface area (Å²) in [6.07, 6.45) is -2.62. The summed E-state index contributed by atoms with van der Waals surface area (Å²) in [7, 11) is 0. The fourth-order valence-corrected chi connectivity index (χ4v) is 3.65. The van der Waals surface area contributed by atoms with E-state index in [1.165, 1.54) is 18.2 Å². The number of hydrogen-bond donors (Lipinski definition) is 1. The molecule has 0 spiro atoms. The standard InChI is InChI=1S/C27H22F3N3O/c28-27(29,30)33(26(34)24-11-5-4-10-23(24)21-8-2-1-3-9-21)22-15-13-20(14-16-22)17-19-32-25-12-6-7-18-31-25/h1-16,18H,17,19H2,(H,31,32). The summed E-state index contributed by atoms with van der Waals surface area (Å²) in [6, 6.07) is 26.6. The Kier molecular flexibility index (Phi) is 6.92. The third-order valence-electron chi connectivity index (χ3n) is 5.28. The summed E-state index contributed by atoms with van der Waals surface area (Å²) in [5.74, 6) is -0.401. The monoisotopic (exact) mass is 461 g/mol. The first kappa shape index (κ1) is 23.0. The van der Waals surface area contributed by atoms with E-state index in [1.807, 2.05) is 24.3 Å². The Balaban J connectivity index is 1.56. The van der Waals surface area contributed by atoms with Crippen LogP contribution in [0.1, 0.15) is 15.9 Å². The molecule has 172 valence electrons. The maximum absolute atomic E-state index is 14.1. The Bertz CT molecular complexity index is 1230. The first-order valence-corrected chi connectivity index (χ1v) is 10.7. The van der Waals surface area contributed by atoms with E-state index in [-0.39, 0.29) is 16.2 Å². The van der Waals surface area contributed by atoms with Gasteiger partial charge in [0.05, 0.1) is 5.69 Å². The first-order valence-electron chi connectivity index (χ1n) is 10.7. The number of amides is 1. The van der Waals surface area contributed by atoms with Gasteiger partial charge in [-0.25, -0.2) is 9.88 Å². The zero-order valence-electron chi connectivity index (χ0n) is 18.2. The molecule has 0 atom stereocenters. The van der Waals surface area contributed by atoms with E-state index >= 15 is 0 Å². The number of halogens is 3. The maximum atomic E-state index is 14.1. The van der Waals surface area contributed by atoms with Crippen molar-refractivity contribution in [2.45, 2.75) is 12.7 Å². The van der Waals surface area contributed by atoms with E-state index in [4.69, 9.17) is 0 Å². The average molecular weight is 461 g/mol. The molecule has 1 heterocycles. The van der Waals surface area contributed by atoms with Crippen molar-refractivity contribution in [3.8, 4) is 11.1 Å². The van der Waals surface area contributed by atoms with Crippen LogP contribution in [0.25, 0.3) is 11.1 Å². The van der Waals surface area contributed by atoms with Gasteiger partial charge in [-0.3, -0.25) is 4.79 Å². The molecule has 0 aliphatic rings. The van der Waals surface area contributed by atoms with Gasteiger partial charge >= 0.3 is 6.30 Å². The molecule has 34 heavy (non-hydrogen) atoms. The van der Waals surface area contributed by atoms with Crippen molar-refractivity contribution in [3.63, 3.8) is 0 Å². The zero-order chi connectivity index (χ0) is 24.0. The summed E-state index contributed by atoms with van der Waals surface area (Å²) in [4.78, 5) is 17.3. The van der Waals surface area contributed by atoms with Crippen molar-refractivity contribution in [1.82, 2.24) is 4.98 Å². The number of anilines is 2. The van der Waals surface area contributed by atoms with Crippen LogP contribution in [0, 0.1) is 0 Å². The normalized spacial score (nSPS) is 11.1. The molecule has 4 nitrogen and oxygen atoms in total. The predicted molar refractivity (Wildman–Crippen MR) is 128 cm³/mol. The molecule has 4 rings (SSSR count). The number of pyridine rings is 1. The van der Waals surface area contributed by atoms with Crippen LogP contribution < -0.4 is 10.2 Å². The fraction of sp³-hybridized carbons (Fsp3) is 0.111. The van der Waals surface area contributed by atoms with Gasteiger partial charge in [0.1, 0.15) is 5.82 Å². The number of alkyl halides is 3. The lowest BCUT2D eigenvalue weighted by Gasteiger charge is -2.26. The van der Waals surface area contributed by atoms with Gasteiger partial charge in [0.25, 0.3) is 5.91 Å². The van der Waals surface area contributed by atoms with E-state index in [0.29, 0.717) is 24.1 Å². The highest BCUT2D eigenvalue weighted by Gasteiger charge is 2.43. The molecule has 4 aromatic rings. The molecule has 1 N–H and O–H groups in total. The Morgan fingerprint density at radius 3 is 2.18 bits per heavy atom. The van der Waals surface area contributed by atoms with Crippen molar-refractivity contribution in [1.29, 1.82) is 0 Å². The van der Waals surface area contributed by atoms with Crippen molar-refractivity contribution in [3.05, 3.63) is 114 Å². The smallest absolute Gasteiger partial charge is 0.370 e. The number of carbonyl (C=O) groups is 1. The number of benzene rings is 3. The number of carbonyl (C=O) groups excluding carboxylic acids is 1. The van der Waals surface area contributed by atoms with Gasteiger partial charge in [-0.1, -0.05) is 66.7 Å². The lowest BCUT2D eigenvalue weighted by molar-refractivity contribution is -0.122. The highest BCUT2D eigenvalue weighted by Crippen LogP contribution is 2.33. The molecule has 0 saturated carbocycles. The number of nitrogens with one attached hydrogen (secondary N) is 1. The molecule has 0 unspecified atom stereocenters. The van der Waals surface area contributed by atoms with E-state index in [9.17, 15) is 18.0 Å². The van der Waals surface area contributed by atoms with Crippen LogP contribution in [0.4, 0.5) is 24.7 Å². The third kappa shape index (κ3) is 5.43. The van der Waals surface area contributed by atoms with Crippen molar-refractivity contribution in [2.24, 2.45) is 0 Å². The Morgan fingerprint density at radius 1 is 0.824 bits per heavy atom. The SMILES string of the molecule is O=C(c1ccccc1-c1ccccc1)N(c1ccc(CCNc2ccccn2)cc1)C(F)(F)F. The molecular weight excluding hydrogens is 439 g/mol. The molecule has 0 radical (unpaired) electrons. The van der Waals surface area contributed by atoms with Gasteiger partial charge in [-0.2, -0.15) is 0 Å². The largest absolute Gasteiger partial charge is 0.491 e. The third-order valence-corrected chi connectivity index (χ3v) is 5.28. The van der Waals surface area contributed by atoms with E-state index in [2.05, 4.69) is 10.3 Å². The molecule has 0 aliphatic heterocycles. The quantitative estimate of drug-likeness (QED) is 0.317. The summed E-state index contributed by atoms with van der Waals surface area (Å²) < 4.78 is 42.2. The van der Waals surface area contributed by atoms with Crippen molar-refractivity contribution < 1.29 is 18.0 Å². The summed E-state index contributed by atoms with van der Waals surface area (Å²) in [5.41, 5.74) is 1.70. The van der Waals surface area contributed by atoms with Crippen LogP contribution in [-0.4, -0.2) is 23.7 Å². The first-order chi connectivity index (χ1) is 16.4. The average Bonchev–Trinajstić information content (AvgIpc) is 2.85. The van der Waals surface area contributed by atoms with E-state index in [1.54, 1.807) is 60.8 Å². The van der Waals surface area contributed by atoms with Crippen LogP contribution in [0.2, 0.25) is 0 Å². The van der Waals surface area contributed by atoms with E-state index < -0.39 is 12.2 Å². The molecule has 1 aromatic heterocycles. The second-order valence-corrected chi connectivity index (χ2v) is 7.58. The number of hydrogen-bond acceptors (Lipinski definition) is 3. The zero-order valence-corrected chi connectivity index (χ0v) is 18.2. The van der Waals surface area contributed by atoms with Gasteiger partial charge in [0.15, 0.2) is 0 Å². The summed E-state index contributed by atoms with van der Waals surface area (Å²) >= 11 is 0. The second-order valence-electron chi connectivity index (χ2n) is 7.58. The second kappa shape index (κ2) is 10.2. The van der Waals surface area contributed by atoms with Gasteiger partial charge < -0.3 is 5.32 Å². The molecule has 0 fully saturated rings. The number of rotatable bonds is 7. The lowest BCUT2D eigenvalue weighted by atomic mass is 9.98. The van der Waals surface area contributed by atoms with Crippen LogP contribution in [0.15, 0.2) is 103 Å². The van der Waals surface area contributed by atoms with Gasteiger partial charge in [0.2, 0.25) is 0 Å². The van der Waals surface area contributed by atoms with Gasteiger partial charge in [-0.05, 0) is 53.4 Å². The molecule has 1 amide bonds. The Hall–Kier alpha value is -4.13. The highest BCUT2D eigenvalue weighted by molar-refractivity contribution is 6.10. The molecule has 0 bridgehead atoms. The molecule has 0 saturated heterocycles. The summed E-state index contributed by atoms with van der Waals surface area (Å²) in [6.45, 7) is 0.572. The minimum Gasteiger partial charge on any atom is -0.370 e. The van der Waals surface area contributed by atoms with Gasteiger partial charge in [0, 0.05) is 18.3 Å². The van der Waals surface area contributed by atoms with Crippen LogP contribution in [-0.2, 0) is 6.42 Å². The number of aromatic nitrogens is 1. The Labute approximate surface area is 195 Å². The molecule has 0 aliphatic carbocycles. The van der Waals surface area contributed by atoms with Crippen molar-refractivity contribution in [2.75, 3.05) is 16.8 Å². The summed E-state index contributed by atoms with van der Waals surface area (Å²) in [5, 5.41) is 3.16. The number of nitrogens with zero attached hydrogens (tertiary/aromatic N) is 2. The van der Waals surface area contributed by atoms with Crippen molar-refractivity contribution >= 4 is 17.4 Å². The fourth-order valence-electron chi connectivity index (χ4n) is 3.65. The van der Waals surface area contributed by atoms with Crippen LogP contribution in [0.3, 0.4) is 0 Å². The van der Waals surface area contributed by atoms with Crippen LogP contribution in [0.5, 0.6) is 0 Å². The minimum absolute atomic E-state index is 0.0188. The minimum atomic E-state index is -4.89. The lowest BCUT2D eigenvalue weighted by Crippen LogP contribution is -2.43. The Morgan fingerprint density at radius 2 is 1.50 bits per heavy atom. The van der Waals surface area contributed by atoms with Crippen LogP contribution >= 0.6 is 0 Å². The topological polar surface area (TPSA) is 45.2 Å². The molecule has 7 heteroatoms. The predicted octanol–water partition coefficient (Wildman–Crippen LogP) is 6.57.